The lowest BCUT2D eigenvalue weighted by Gasteiger charge is -2.15. The third kappa shape index (κ3) is 2.50. The number of nitrogens with two attached hydrogens (primary N) is 1. The number of hydrogen-bond donors (Lipinski definition) is 3. The van der Waals surface area contributed by atoms with Gasteiger partial charge in [0.1, 0.15) is 29.2 Å². The zero-order valence-electron chi connectivity index (χ0n) is 15.0. The van der Waals surface area contributed by atoms with E-state index in [2.05, 4.69) is 35.2 Å². The minimum Gasteiger partial charge on any atom is -0.383 e. The molecular weight excluding hydrogens is 352 g/mol. The molecule has 0 saturated carbocycles. The highest BCUT2D eigenvalue weighted by molar-refractivity contribution is 6.02. The lowest BCUT2D eigenvalue weighted by atomic mass is 10.1. The van der Waals surface area contributed by atoms with Crippen LogP contribution in [0.25, 0.3) is 33.2 Å². The normalized spacial score (nSPS) is 11.2. The van der Waals surface area contributed by atoms with Crippen LogP contribution in [0.5, 0.6) is 0 Å². The molecule has 4 aromatic heterocycles. The van der Waals surface area contributed by atoms with Gasteiger partial charge >= 0.3 is 0 Å². The van der Waals surface area contributed by atoms with Gasteiger partial charge in [-0.2, -0.15) is 0 Å². The molecule has 0 atom stereocenters. The van der Waals surface area contributed by atoms with Crippen LogP contribution in [0.15, 0.2) is 55.4 Å². The molecule has 0 amide bonds. The first-order valence-corrected chi connectivity index (χ1v) is 8.72. The summed E-state index contributed by atoms with van der Waals surface area (Å²) in [6, 6.07) is 9.78. The summed E-state index contributed by atoms with van der Waals surface area (Å²) in [6.07, 6.45) is 6.57. The topological polar surface area (TPSA) is 118 Å². The van der Waals surface area contributed by atoms with Gasteiger partial charge in [0, 0.05) is 28.7 Å². The van der Waals surface area contributed by atoms with E-state index in [1.54, 1.807) is 18.7 Å². The molecule has 5 aromatic rings. The predicted molar refractivity (Wildman–Crippen MR) is 109 cm³/mol. The Labute approximate surface area is 159 Å². The Hall–Kier alpha value is -4.07. The number of fused-ring (bicyclic) bond motifs is 2. The van der Waals surface area contributed by atoms with Crippen molar-refractivity contribution in [2.24, 2.45) is 0 Å². The molecule has 0 aliphatic carbocycles. The van der Waals surface area contributed by atoms with Crippen molar-refractivity contribution in [2.75, 3.05) is 11.1 Å². The van der Waals surface area contributed by atoms with E-state index in [1.807, 2.05) is 37.3 Å². The molecule has 0 unspecified atom stereocenters. The molecule has 0 aliphatic rings. The molecule has 5 rings (SSSR count). The Bertz CT molecular complexity index is 1320. The van der Waals surface area contributed by atoms with Crippen LogP contribution < -0.4 is 11.1 Å². The first kappa shape index (κ1) is 16.1. The van der Waals surface area contributed by atoms with Crippen molar-refractivity contribution in [1.29, 1.82) is 0 Å². The average Bonchev–Trinajstić information content (AvgIpc) is 3.20. The van der Waals surface area contributed by atoms with Crippen LogP contribution in [0, 0.1) is 6.92 Å². The second-order valence-electron chi connectivity index (χ2n) is 6.40. The zero-order chi connectivity index (χ0) is 19.1. The molecule has 0 aliphatic heterocycles. The smallest absolute Gasteiger partial charge is 0.161 e. The molecule has 0 spiro atoms. The number of aromatic nitrogens is 6. The van der Waals surface area contributed by atoms with E-state index >= 15 is 0 Å². The van der Waals surface area contributed by atoms with Gasteiger partial charge in [-0.25, -0.2) is 24.9 Å². The van der Waals surface area contributed by atoms with Crippen LogP contribution in [0.4, 0.5) is 17.3 Å². The summed E-state index contributed by atoms with van der Waals surface area (Å²) in [7, 11) is 0. The van der Waals surface area contributed by atoms with Gasteiger partial charge in [0.2, 0.25) is 0 Å². The second kappa shape index (κ2) is 6.27. The van der Waals surface area contributed by atoms with Gasteiger partial charge in [-0.1, -0.05) is 12.1 Å². The molecule has 28 heavy (non-hydrogen) atoms. The van der Waals surface area contributed by atoms with E-state index in [0.717, 1.165) is 27.6 Å². The lowest BCUT2D eigenvalue weighted by molar-refractivity contribution is 1.19. The van der Waals surface area contributed by atoms with Crippen molar-refractivity contribution in [2.45, 2.75) is 6.92 Å². The zero-order valence-corrected chi connectivity index (χ0v) is 15.0. The number of imidazole rings is 1. The maximum Gasteiger partial charge on any atom is 0.161 e. The fourth-order valence-corrected chi connectivity index (χ4v) is 3.33. The van der Waals surface area contributed by atoms with E-state index in [4.69, 9.17) is 5.73 Å². The van der Waals surface area contributed by atoms with Crippen LogP contribution in [0.3, 0.4) is 0 Å². The molecule has 4 N–H and O–H groups in total. The number of nitrogens with zero attached hydrogens (tertiary/aromatic N) is 5. The third-order valence-corrected chi connectivity index (χ3v) is 4.71. The molecule has 4 heterocycles. The number of nitrogens with one attached hydrogen (secondary N) is 2. The van der Waals surface area contributed by atoms with Gasteiger partial charge in [0.15, 0.2) is 5.65 Å². The molecule has 0 radical (unpaired) electrons. The summed E-state index contributed by atoms with van der Waals surface area (Å²) in [4.78, 5) is 24.8. The van der Waals surface area contributed by atoms with Crippen molar-refractivity contribution in [3.63, 3.8) is 0 Å². The largest absolute Gasteiger partial charge is 0.383 e. The van der Waals surface area contributed by atoms with Crippen LogP contribution in [0.1, 0.15) is 5.56 Å². The third-order valence-electron chi connectivity index (χ3n) is 4.71. The molecular formula is C20H16N8. The Morgan fingerprint density at radius 3 is 2.79 bits per heavy atom. The summed E-state index contributed by atoms with van der Waals surface area (Å²) in [6.45, 7) is 2.04. The first-order valence-electron chi connectivity index (χ1n) is 8.72. The monoisotopic (exact) mass is 368 g/mol. The summed E-state index contributed by atoms with van der Waals surface area (Å²) in [5.74, 6) is 1.17. The van der Waals surface area contributed by atoms with E-state index in [-0.39, 0.29) is 0 Å². The van der Waals surface area contributed by atoms with Gasteiger partial charge in [0.25, 0.3) is 0 Å². The van der Waals surface area contributed by atoms with Crippen LogP contribution >= 0.6 is 0 Å². The molecule has 8 heteroatoms. The Morgan fingerprint density at radius 2 is 1.86 bits per heavy atom. The second-order valence-corrected chi connectivity index (χ2v) is 6.40. The minimum absolute atomic E-state index is 0.496. The highest BCUT2D eigenvalue weighted by Gasteiger charge is 2.15. The minimum atomic E-state index is 0.496. The fourth-order valence-electron chi connectivity index (χ4n) is 3.33. The van der Waals surface area contributed by atoms with Crippen LogP contribution in [-0.4, -0.2) is 29.9 Å². The molecule has 8 nitrogen and oxygen atoms in total. The number of pyridine rings is 2. The van der Waals surface area contributed by atoms with Gasteiger partial charge in [-0.15, -0.1) is 0 Å². The Balaban J connectivity index is 1.70. The number of benzene rings is 1. The average molecular weight is 368 g/mol. The van der Waals surface area contributed by atoms with Crippen molar-refractivity contribution in [3.8, 4) is 11.3 Å². The van der Waals surface area contributed by atoms with Gasteiger partial charge in [-0.05, 0) is 30.7 Å². The lowest BCUT2D eigenvalue weighted by Crippen LogP contribution is -2.01. The number of H-pyrrole nitrogens is 1. The van der Waals surface area contributed by atoms with E-state index in [0.29, 0.717) is 28.5 Å². The predicted octanol–water partition coefficient (Wildman–Crippen LogP) is 3.60. The Morgan fingerprint density at radius 1 is 0.929 bits per heavy atom. The summed E-state index contributed by atoms with van der Waals surface area (Å²) >= 11 is 0. The molecule has 136 valence electrons. The molecule has 0 bridgehead atoms. The fraction of sp³-hybridized carbons (Fsp3) is 0.0500. The summed E-state index contributed by atoms with van der Waals surface area (Å²) in [5, 5.41) is 5.35. The summed E-state index contributed by atoms with van der Waals surface area (Å²) in [5.41, 5.74) is 11.0. The Kier molecular flexibility index (Phi) is 3.61. The van der Waals surface area contributed by atoms with Crippen LogP contribution in [0.2, 0.25) is 0 Å². The SMILES string of the molecule is Cc1ccc2c(N)nccc2c1Nc1ncccc1-c1ncnc2[nH]cnc12. The van der Waals surface area contributed by atoms with E-state index < -0.39 is 0 Å². The van der Waals surface area contributed by atoms with Gasteiger partial charge in [-0.3, -0.25) is 0 Å². The maximum atomic E-state index is 6.06. The number of aromatic amines is 1. The maximum absolute atomic E-state index is 6.06. The van der Waals surface area contributed by atoms with Crippen LogP contribution in [-0.2, 0) is 0 Å². The van der Waals surface area contributed by atoms with Gasteiger partial charge < -0.3 is 16.0 Å². The number of rotatable bonds is 3. The first-order chi connectivity index (χ1) is 13.7. The van der Waals surface area contributed by atoms with Crippen molar-refractivity contribution in [3.05, 3.63) is 60.9 Å². The number of anilines is 3. The van der Waals surface area contributed by atoms with Crippen molar-refractivity contribution < 1.29 is 0 Å². The highest BCUT2D eigenvalue weighted by Crippen LogP contribution is 2.35. The highest BCUT2D eigenvalue weighted by atomic mass is 15.0. The van der Waals surface area contributed by atoms with Crippen molar-refractivity contribution in [1.82, 2.24) is 29.9 Å². The number of aryl methyl sites for hydroxylation is 1. The van der Waals surface area contributed by atoms with Crippen molar-refractivity contribution >= 4 is 39.3 Å². The quantitative estimate of drug-likeness (QED) is 0.445. The number of nitrogen functional groups attached to an aromatic ring is 1. The summed E-state index contributed by atoms with van der Waals surface area (Å²) < 4.78 is 0. The standard InChI is InChI=1S/C20H16N8/c1-11-4-5-13-12(6-8-22-18(13)21)15(11)28-19-14(3-2-7-23-19)16-17-20(26-9-24-16)27-10-25-17/h2-10H,1H3,(H2,21,22)(H,23,28)(H,24,25,26,27). The molecule has 0 saturated heterocycles. The molecule has 0 fully saturated rings. The van der Waals surface area contributed by atoms with E-state index in [9.17, 15) is 0 Å². The number of hydrogen-bond acceptors (Lipinski definition) is 7. The van der Waals surface area contributed by atoms with Gasteiger partial charge in [0.05, 0.1) is 12.0 Å². The molecule has 1 aromatic carbocycles. The van der Waals surface area contributed by atoms with E-state index in [1.165, 1.54) is 6.33 Å².